The van der Waals surface area contributed by atoms with Gasteiger partial charge >= 0.3 is 11.9 Å². The maximum atomic E-state index is 13.1. The lowest BCUT2D eigenvalue weighted by molar-refractivity contribution is -0.147. The summed E-state index contributed by atoms with van der Waals surface area (Å²) in [6.45, 7) is 3.69. The Balaban J connectivity index is 5.64. The summed E-state index contributed by atoms with van der Waals surface area (Å²) < 4.78 is 0. The summed E-state index contributed by atoms with van der Waals surface area (Å²) in [6.07, 6.45) is -0.716. The van der Waals surface area contributed by atoms with Crippen molar-refractivity contribution in [3.05, 3.63) is 0 Å². The molecule has 0 spiro atoms. The van der Waals surface area contributed by atoms with E-state index >= 15 is 0 Å². The van der Waals surface area contributed by atoms with Crippen LogP contribution in [0, 0.1) is 5.92 Å². The molecule has 4 atom stereocenters. The zero-order valence-electron chi connectivity index (χ0n) is 20.9. The Hall–Kier alpha value is -3.95. The number of primary amides is 1. The zero-order valence-corrected chi connectivity index (χ0v) is 20.9. The van der Waals surface area contributed by atoms with E-state index in [2.05, 4.69) is 20.9 Å². The third-order valence-electron chi connectivity index (χ3n) is 4.95. The van der Waals surface area contributed by atoms with Gasteiger partial charge in [-0.2, -0.15) is 0 Å². The van der Waals surface area contributed by atoms with Crippen molar-refractivity contribution < 1.29 is 39.0 Å². The van der Waals surface area contributed by atoms with Gasteiger partial charge in [0, 0.05) is 13.0 Å². The highest BCUT2D eigenvalue weighted by atomic mass is 16.4. The van der Waals surface area contributed by atoms with Crippen LogP contribution in [0.2, 0.25) is 0 Å². The second-order valence-corrected chi connectivity index (χ2v) is 8.81. The van der Waals surface area contributed by atoms with Crippen LogP contribution in [0.1, 0.15) is 52.4 Å². The maximum absolute atomic E-state index is 13.1. The van der Waals surface area contributed by atoms with Gasteiger partial charge in [-0.15, -0.1) is 0 Å². The summed E-state index contributed by atoms with van der Waals surface area (Å²) >= 11 is 0. The molecule has 0 saturated heterocycles. The molecule has 0 aromatic heterocycles. The molecule has 0 aliphatic rings. The fourth-order valence-corrected chi connectivity index (χ4v) is 3.10. The average Bonchev–Trinajstić information content (AvgIpc) is 2.77. The summed E-state index contributed by atoms with van der Waals surface area (Å²) in [5.41, 5.74) is 21.4. The molecule has 0 aliphatic heterocycles. The molecule has 4 amide bonds. The second kappa shape index (κ2) is 16.7. The molecule has 210 valence electrons. The molecule has 0 aliphatic carbocycles. The van der Waals surface area contributed by atoms with Gasteiger partial charge in [-0.25, -0.2) is 4.79 Å². The Kier molecular flexibility index (Phi) is 14.9. The highest BCUT2D eigenvalue weighted by molar-refractivity contribution is 5.94. The van der Waals surface area contributed by atoms with Crippen LogP contribution in [-0.4, -0.2) is 82.5 Å². The number of hydrogen-bond donors (Lipinski definition) is 9. The number of carboxylic acids is 2. The quantitative estimate of drug-likeness (QED) is 0.0480. The van der Waals surface area contributed by atoms with E-state index in [9.17, 15) is 33.9 Å². The third kappa shape index (κ3) is 14.9. The Bertz CT molecular complexity index is 859. The normalized spacial score (nSPS) is 13.9. The summed E-state index contributed by atoms with van der Waals surface area (Å²) in [5, 5.41) is 25.2. The Morgan fingerprint density at radius 3 is 1.84 bits per heavy atom. The van der Waals surface area contributed by atoms with Crippen LogP contribution in [-0.2, 0) is 28.8 Å². The van der Waals surface area contributed by atoms with Crippen molar-refractivity contribution in [3.8, 4) is 0 Å². The number of hydrogen-bond acceptors (Lipinski definition) is 8. The number of amides is 4. The van der Waals surface area contributed by atoms with E-state index in [0.717, 1.165) is 0 Å². The summed E-state index contributed by atoms with van der Waals surface area (Å²) in [7, 11) is 0. The predicted octanol–water partition coefficient (Wildman–Crippen LogP) is -3.31. The number of guanidine groups is 1. The highest BCUT2D eigenvalue weighted by Gasteiger charge is 2.31. The number of nitrogens with zero attached hydrogens (tertiary/aromatic N) is 1. The van der Waals surface area contributed by atoms with Gasteiger partial charge in [0.15, 0.2) is 5.96 Å². The minimum Gasteiger partial charge on any atom is -0.481 e. The topological polar surface area (TPSA) is 295 Å². The van der Waals surface area contributed by atoms with Crippen LogP contribution in [0.15, 0.2) is 4.99 Å². The summed E-state index contributed by atoms with van der Waals surface area (Å²) in [4.78, 5) is 75.4. The first kappa shape index (κ1) is 33.0. The van der Waals surface area contributed by atoms with E-state index in [-0.39, 0.29) is 50.5 Å². The van der Waals surface area contributed by atoms with Crippen LogP contribution in [0.5, 0.6) is 0 Å². The van der Waals surface area contributed by atoms with Gasteiger partial charge < -0.3 is 49.1 Å². The monoisotopic (exact) mass is 530 g/mol. The van der Waals surface area contributed by atoms with E-state index in [4.69, 9.17) is 28.0 Å². The van der Waals surface area contributed by atoms with Crippen molar-refractivity contribution in [2.75, 3.05) is 6.54 Å². The minimum absolute atomic E-state index is 0.0335. The summed E-state index contributed by atoms with van der Waals surface area (Å²) in [6, 6.07) is -5.26. The van der Waals surface area contributed by atoms with Crippen LogP contribution in [0.25, 0.3) is 0 Å². The van der Waals surface area contributed by atoms with Gasteiger partial charge in [0.05, 0.1) is 12.5 Å². The molecule has 0 aromatic rings. The molecule has 0 radical (unpaired) electrons. The van der Waals surface area contributed by atoms with E-state index < -0.39 is 66.2 Å². The van der Waals surface area contributed by atoms with Crippen LogP contribution < -0.4 is 38.9 Å². The number of aliphatic carboxylic acids is 2. The highest BCUT2D eigenvalue weighted by Crippen LogP contribution is 2.08. The van der Waals surface area contributed by atoms with Crippen molar-refractivity contribution in [2.24, 2.45) is 33.8 Å². The molecule has 0 heterocycles. The molecule has 0 saturated carbocycles. The molecule has 16 nitrogen and oxygen atoms in total. The van der Waals surface area contributed by atoms with Crippen molar-refractivity contribution in [3.63, 3.8) is 0 Å². The molecule has 4 unspecified atom stereocenters. The first-order valence-electron chi connectivity index (χ1n) is 11.6. The number of carboxylic acid groups (broad SMARTS) is 2. The summed E-state index contributed by atoms with van der Waals surface area (Å²) in [5.74, 6) is -6.33. The maximum Gasteiger partial charge on any atom is 0.326 e. The molecule has 0 aromatic carbocycles. The first-order chi connectivity index (χ1) is 17.1. The lowest BCUT2D eigenvalue weighted by Gasteiger charge is -2.26. The van der Waals surface area contributed by atoms with E-state index in [1.807, 2.05) is 0 Å². The Labute approximate surface area is 214 Å². The lowest BCUT2D eigenvalue weighted by Crippen LogP contribution is -2.57. The van der Waals surface area contributed by atoms with Crippen molar-refractivity contribution in [1.29, 1.82) is 0 Å². The smallest absolute Gasteiger partial charge is 0.326 e. The molecule has 37 heavy (non-hydrogen) atoms. The lowest BCUT2D eigenvalue weighted by atomic mass is 10.0. The molecule has 16 heteroatoms. The number of nitrogens with two attached hydrogens (primary N) is 4. The van der Waals surface area contributed by atoms with E-state index in [1.165, 1.54) is 0 Å². The number of aliphatic imine (C=N–C) groups is 1. The van der Waals surface area contributed by atoms with Gasteiger partial charge in [-0.1, -0.05) is 13.8 Å². The standard InChI is InChI=1S/C21H38N8O8/c1-10(2)8-13(28-17(33)11(22)5-6-15(23)30)19(35)27-12(4-3-7-26-21(24)25)18(34)29-14(20(36)37)9-16(31)32/h10-14H,3-9,22H2,1-2H3,(H2,23,30)(H,27,35)(H,28,33)(H,29,34)(H,31,32)(H,36,37)(H4,24,25,26). The fraction of sp³-hybridized carbons (Fsp3) is 0.667. The number of carbonyl (C=O) groups excluding carboxylic acids is 4. The number of nitrogens with one attached hydrogen (secondary N) is 3. The van der Waals surface area contributed by atoms with Crippen molar-refractivity contribution in [2.45, 2.75) is 76.5 Å². The number of rotatable bonds is 18. The average molecular weight is 531 g/mol. The molecule has 0 fully saturated rings. The molecule has 13 N–H and O–H groups in total. The fourth-order valence-electron chi connectivity index (χ4n) is 3.10. The van der Waals surface area contributed by atoms with E-state index in [1.54, 1.807) is 13.8 Å². The van der Waals surface area contributed by atoms with Crippen molar-refractivity contribution >= 4 is 41.5 Å². The molecular weight excluding hydrogens is 492 g/mol. The van der Waals surface area contributed by atoms with Crippen LogP contribution in [0.4, 0.5) is 0 Å². The van der Waals surface area contributed by atoms with Crippen LogP contribution >= 0.6 is 0 Å². The Morgan fingerprint density at radius 1 is 0.811 bits per heavy atom. The van der Waals surface area contributed by atoms with Crippen molar-refractivity contribution in [1.82, 2.24) is 16.0 Å². The van der Waals surface area contributed by atoms with Crippen LogP contribution in [0.3, 0.4) is 0 Å². The second-order valence-electron chi connectivity index (χ2n) is 8.81. The van der Waals surface area contributed by atoms with Gasteiger partial charge in [-0.05, 0) is 31.6 Å². The molecule has 0 bridgehead atoms. The minimum atomic E-state index is -1.74. The largest absolute Gasteiger partial charge is 0.481 e. The predicted molar refractivity (Wildman–Crippen MR) is 131 cm³/mol. The SMILES string of the molecule is CC(C)CC(NC(=O)C(N)CCC(N)=O)C(=O)NC(CCCN=C(N)N)C(=O)NC(CC(=O)O)C(=O)O. The number of carbonyl (C=O) groups is 6. The third-order valence-corrected chi connectivity index (χ3v) is 4.95. The first-order valence-corrected chi connectivity index (χ1v) is 11.6. The van der Waals surface area contributed by atoms with Gasteiger partial charge in [-0.3, -0.25) is 29.0 Å². The van der Waals surface area contributed by atoms with Gasteiger partial charge in [0.1, 0.15) is 18.1 Å². The Morgan fingerprint density at radius 2 is 1.35 bits per heavy atom. The molecular formula is C21H38N8O8. The van der Waals surface area contributed by atoms with Gasteiger partial charge in [0.2, 0.25) is 23.6 Å². The molecule has 0 rings (SSSR count). The van der Waals surface area contributed by atoms with Gasteiger partial charge in [0.25, 0.3) is 0 Å². The van der Waals surface area contributed by atoms with E-state index in [0.29, 0.717) is 0 Å². The zero-order chi connectivity index (χ0) is 28.7.